The van der Waals surface area contributed by atoms with Gasteiger partial charge in [0.1, 0.15) is 0 Å². The average molecular weight is 227 g/mol. The second kappa shape index (κ2) is 5.39. The van der Waals surface area contributed by atoms with Crippen molar-refractivity contribution in [2.75, 3.05) is 6.54 Å². The topological polar surface area (TPSA) is 12.0 Å². The molecule has 1 rings (SSSR count). The molecule has 0 saturated heterocycles. The van der Waals surface area contributed by atoms with Crippen molar-refractivity contribution >= 4 is 0 Å². The molecule has 90 valence electrons. The lowest BCUT2D eigenvalue weighted by atomic mass is 9.93. The van der Waals surface area contributed by atoms with Gasteiger partial charge in [0.05, 0.1) is 0 Å². The Hall–Kier alpha value is -0.960. The van der Waals surface area contributed by atoms with E-state index in [0.29, 0.717) is 11.1 Å². The monoisotopic (exact) mass is 227 g/mol. The summed E-state index contributed by atoms with van der Waals surface area (Å²) in [4.78, 5) is 0. The standard InChI is InChI=1S/C13H19F2N/c1-5-16-10(4)9(3)11-7-6-8(2)12(14)13(11)15/h6-7,9-10,16H,5H2,1-4H3. The summed E-state index contributed by atoms with van der Waals surface area (Å²) in [7, 11) is 0. The van der Waals surface area contributed by atoms with Crippen LogP contribution >= 0.6 is 0 Å². The van der Waals surface area contributed by atoms with Gasteiger partial charge >= 0.3 is 0 Å². The lowest BCUT2D eigenvalue weighted by Crippen LogP contribution is -2.31. The van der Waals surface area contributed by atoms with Gasteiger partial charge in [0.2, 0.25) is 0 Å². The van der Waals surface area contributed by atoms with Crippen LogP contribution < -0.4 is 5.32 Å². The highest BCUT2D eigenvalue weighted by Gasteiger charge is 2.20. The number of halogens is 2. The summed E-state index contributed by atoms with van der Waals surface area (Å²) in [5.74, 6) is -1.49. The molecule has 0 fully saturated rings. The van der Waals surface area contributed by atoms with Gasteiger partial charge < -0.3 is 5.32 Å². The van der Waals surface area contributed by atoms with Crippen LogP contribution in [0.3, 0.4) is 0 Å². The number of hydrogen-bond acceptors (Lipinski definition) is 1. The number of benzene rings is 1. The molecule has 1 nitrogen and oxygen atoms in total. The van der Waals surface area contributed by atoms with E-state index in [2.05, 4.69) is 5.32 Å². The van der Waals surface area contributed by atoms with Crippen LogP contribution in [0.4, 0.5) is 8.78 Å². The minimum absolute atomic E-state index is 0.0463. The first kappa shape index (κ1) is 13.1. The molecule has 16 heavy (non-hydrogen) atoms. The van der Waals surface area contributed by atoms with Gasteiger partial charge in [-0.15, -0.1) is 0 Å². The van der Waals surface area contributed by atoms with Crippen molar-refractivity contribution in [1.82, 2.24) is 5.32 Å². The third-order valence-electron chi connectivity index (χ3n) is 3.07. The first-order chi connectivity index (χ1) is 7.49. The molecular formula is C13H19F2N. The molecule has 3 heteroatoms. The van der Waals surface area contributed by atoms with Crippen LogP contribution in [0.1, 0.15) is 37.8 Å². The minimum Gasteiger partial charge on any atom is -0.314 e. The summed E-state index contributed by atoms with van der Waals surface area (Å²) in [5.41, 5.74) is 0.793. The Kier molecular flexibility index (Phi) is 4.42. The molecule has 0 aliphatic heterocycles. The number of aryl methyl sites for hydroxylation is 1. The van der Waals surface area contributed by atoms with E-state index in [0.717, 1.165) is 6.54 Å². The van der Waals surface area contributed by atoms with Crippen molar-refractivity contribution in [3.8, 4) is 0 Å². The molecule has 0 bridgehead atoms. The fourth-order valence-corrected chi connectivity index (χ4v) is 1.78. The zero-order valence-corrected chi connectivity index (χ0v) is 10.3. The lowest BCUT2D eigenvalue weighted by Gasteiger charge is -2.22. The van der Waals surface area contributed by atoms with Crippen LogP contribution in [0.5, 0.6) is 0 Å². The predicted molar refractivity (Wildman–Crippen MR) is 62.6 cm³/mol. The molecule has 2 atom stereocenters. The molecular weight excluding hydrogens is 208 g/mol. The third kappa shape index (κ3) is 2.59. The van der Waals surface area contributed by atoms with E-state index >= 15 is 0 Å². The SMILES string of the molecule is CCNC(C)C(C)c1ccc(C)c(F)c1F. The molecule has 0 heterocycles. The highest BCUT2D eigenvalue weighted by molar-refractivity contribution is 5.28. The predicted octanol–water partition coefficient (Wildman–Crippen LogP) is 3.37. The number of rotatable bonds is 4. The first-order valence-electron chi connectivity index (χ1n) is 5.66. The maximum atomic E-state index is 13.7. The van der Waals surface area contributed by atoms with Gasteiger partial charge in [-0.1, -0.05) is 26.0 Å². The second-order valence-electron chi connectivity index (χ2n) is 4.23. The Morgan fingerprint density at radius 1 is 1.19 bits per heavy atom. The van der Waals surface area contributed by atoms with Crippen molar-refractivity contribution in [1.29, 1.82) is 0 Å². The quantitative estimate of drug-likeness (QED) is 0.831. The molecule has 0 spiro atoms. The van der Waals surface area contributed by atoms with Crippen molar-refractivity contribution in [2.24, 2.45) is 0 Å². The zero-order valence-electron chi connectivity index (χ0n) is 10.3. The summed E-state index contributed by atoms with van der Waals surface area (Å²) < 4.78 is 27.1. The lowest BCUT2D eigenvalue weighted by molar-refractivity contribution is 0.449. The molecule has 0 amide bonds. The fraction of sp³-hybridized carbons (Fsp3) is 0.538. The first-order valence-corrected chi connectivity index (χ1v) is 5.66. The van der Waals surface area contributed by atoms with Crippen molar-refractivity contribution in [3.05, 3.63) is 34.9 Å². The van der Waals surface area contributed by atoms with Gasteiger partial charge in [-0.2, -0.15) is 0 Å². The van der Waals surface area contributed by atoms with E-state index in [4.69, 9.17) is 0 Å². The van der Waals surface area contributed by atoms with Gasteiger partial charge in [-0.05, 0) is 37.4 Å². The summed E-state index contributed by atoms with van der Waals surface area (Å²) in [6.45, 7) is 8.27. The van der Waals surface area contributed by atoms with E-state index in [1.165, 1.54) is 0 Å². The van der Waals surface area contributed by atoms with Gasteiger partial charge in [0, 0.05) is 6.04 Å². The maximum Gasteiger partial charge on any atom is 0.162 e. The van der Waals surface area contributed by atoms with Crippen molar-refractivity contribution < 1.29 is 8.78 Å². The molecule has 1 aromatic rings. The van der Waals surface area contributed by atoms with Gasteiger partial charge in [0.25, 0.3) is 0 Å². The summed E-state index contributed by atoms with van der Waals surface area (Å²) >= 11 is 0. The van der Waals surface area contributed by atoms with Crippen molar-refractivity contribution in [2.45, 2.75) is 39.7 Å². The maximum absolute atomic E-state index is 13.7. The van der Waals surface area contributed by atoms with Crippen molar-refractivity contribution in [3.63, 3.8) is 0 Å². The Balaban J connectivity index is 3.00. The van der Waals surface area contributed by atoms with Gasteiger partial charge in [-0.25, -0.2) is 8.78 Å². The molecule has 0 aromatic heterocycles. The third-order valence-corrected chi connectivity index (χ3v) is 3.07. The Morgan fingerprint density at radius 3 is 2.38 bits per heavy atom. The minimum atomic E-state index is -0.729. The van der Waals surface area contributed by atoms with Gasteiger partial charge in [-0.3, -0.25) is 0 Å². The fourth-order valence-electron chi connectivity index (χ4n) is 1.78. The summed E-state index contributed by atoms with van der Waals surface area (Å²) in [5, 5.41) is 3.22. The second-order valence-corrected chi connectivity index (χ2v) is 4.23. The van der Waals surface area contributed by atoms with Crippen LogP contribution in [0.25, 0.3) is 0 Å². The zero-order chi connectivity index (χ0) is 12.3. The van der Waals surface area contributed by atoms with E-state index in [9.17, 15) is 8.78 Å². The summed E-state index contributed by atoms with van der Waals surface area (Å²) in [6.07, 6.45) is 0. The molecule has 0 saturated carbocycles. The number of likely N-dealkylation sites (N-methyl/N-ethyl adjacent to an activating group) is 1. The van der Waals surface area contributed by atoms with E-state index in [1.807, 2.05) is 20.8 Å². The number of hydrogen-bond donors (Lipinski definition) is 1. The smallest absolute Gasteiger partial charge is 0.162 e. The Bertz CT molecular complexity index is 363. The molecule has 0 radical (unpaired) electrons. The molecule has 1 aromatic carbocycles. The highest BCUT2D eigenvalue weighted by Crippen LogP contribution is 2.25. The van der Waals surface area contributed by atoms with Crippen LogP contribution in [0, 0.1) is 18.6 Å². The Morgan fingerprint density at radius 2 is 1.81 bits per heavy atom. The largest absolute Gasteiger partial charge is 0.314 e. The van der Waals surface area contributed by atoms with E-state index in [-0.39, 0.29) is 12.0 Å². The van der Waals surface area contributed by atoms with Gasteiger partial charge in [0.15, 0.2) is 11.6 Å². The average Bonchev–Trinajstić information content (AvgIpc) is 2.26. The molecule has 0 aliphatic carbocycles. The van der Waals surface area contributed by atoms with Crippen LogP contribution in [0.15, 0.2) is 12.1 Å². The summed E-state index contributed by atoms with van der Waals surface area (Å²) in [6, 6.07) is 3.43. The Labute approximate surface area is 95.9 Å². The number of nitrogens with one attached hydrogen (secondary N) is 1. The van der Waals surface area contributed by atoms with E-state index < -0.39 is 11.6 Å². The van der Waals surface area contributed by atoms with Crippen LogP contribution in [0.2, 0.25) is 0 Å². The van der Waals surface area contributed by atoms with Crippen LogP contribution in [-0.4, -0.2) is 12.6 Å². The molecule has 0 aliphatic rings. The molecule has 1 N–H and O–H groups in total. The molecule has 2 unspecified atom stereocenters. The van der Waals surface area contributed by atoms with E-state index in [1.54, 1.807) is 19.1 Å². The normalized spacial score (nSPS) is 14.9. The highest BCUT2D eigenvalue weighted by atomic mass is 19.2. The van der Waals surface area contributed by atoms with Crippen LogP contribution in [-0.2, 0) is 0 Å².